The largest absolute Gasteiger partial charge is 0.315 e. The van der Waals surface area contributed by atoms with Gasteiger partial charge in [-0.3, -0.25) is 10.1 Å². The van der Waals surface area contributed by atoms with Crippen molar-refractivity contribution in [2.75, 3.05) is 0 Å². The fraction of sp³-hybridized carbons (Fsp3) is 0.0476. The minimum atomic E-state index is -0.386. The third kappa shape index (κ3) is 3.56. The van der Waals surface area contributed by atoms with Crippen LogP contribution in [-0.2, 0) is 5.75 Å². The second-order valence-corrected chi connectivity index (χ2v) is 7.46. The van der Waals surface area contributed by atoms with Gasteiger partial charge in [-0.1, -0.05) is 48.0 Å². The summed E-state index contributed by atoms with van der Waals surface area (Å²) >= 11 is 8.00. The van der Waals surface area contributed by atoms with Gasteiger partial charge in [-0.25, -0.2) is 0 Å². The lowest BCUT2D eigenvalue weighted by molar-refractivity contribution is -0.384. The number of para-hydroxylation sites is 1. The number of hydrogen-bond acceptors (Lipinski definition) is 3. The molecule has 4 rings (SSSR count). The van der Waals surface area contributed by atoms with Crippen LogP contribution < -0.4 is 0 Å². The molecular formula is C21H15ClN2O2S. The molecule has 27 heavy (non-hydrogen) atoms. The Labute approximate surface area is 165 Å². The lowest BCUT2D eigenvalue weighted by atomic mass is 10.2. The maximum absolute atomic E-state index is 10.9. The maximum atomic E-state index is 10.9. The Morgan fingerprint density at radius 2 is 1.67 bits per heavy atom. The molecule has 0 amide bonds. The van der Waals surface area contributed by atoms with Crippen molar-refractivity contribution in [3.63, 3.8) is 0 Å². The fourth-order valence-electron chi connectivity index (χ4n) is 2.98. The zero-order valence-corrected chi connectivity index (χ0v) is 15.8. The molecule has 0 atom stereocenters. The van der Waals surface area contributed by atoms with Gasteiger partial charge < -0.3 is 4.57 Å². The molecule has 0 aliphatic rings. The van der Waals surface area contributed by atoms with Gasteiger partial charge in [-0.2, -0.15) is 0 Å². The van der Waals surface area contributed by atoms with Crippen LogP contribution in [0.1, 0.15) is 5.56 Å². The molecule has 0 saturated carbocycles. The summed E-state index contributed by atoms with van der Waals surface area (Å²) in [5.74, 6) is 0.772. The molecule has 0 aliphatic heterocycles. The number of aromatic nitrogens is 1. The monoisotopic (exact) mass is 394 g/mol. The Morgan fingerprint density at radius 3 is 2.41 bits per heavy atom. The first-order chi connectivity index (χ1) is 13.1. The minimum Gasteiger partial charge on any atom is -0.315 e. The average molecular weight is 395 g/mol. The van der Waals surface area contributed by atoms with E-state index in [-0.39, 0.29) is 10.6 Å². The first kappa shape index (κ1) is 17.6. The molecule has 0 N–H and O–H groups in total. The third-order valence-electron chi connectivity index (χ3n) is 4.36. The molecule has 4 aromatic rings. The van der Waals surface area contributed by atoms with Crippen molar-refractivity contribution in [1.82, 2.24) is 4.57 Å². The van der Waals surface area contributed by atoms with E-state index in [9.17, 15) is 10.1 Å². The normalized spacial score (nSPS) is 11.0. The molecule has 0 spiro atoms. The highest BCUT2D eigenvalue weighted by Gasteiger charge is 2.12. The molecule has 6 heteroatoms. The van der Waals surface area contributed by atoms with Crippen molar-refractivity contribution in [3.05, 3.63) is 99.7 Å². The SMILES string of the molecule is O=[N+]([O-])c1ccc(-n2cc(SCc3ccccc3Cl)c3ccccc32)cc1. The van der Waals surface area contributed by atoms with Crippen molar-refractivity contribution in [2.24, 2.45) is 0 Å². The topological polar surface area (TPSA) is 48.1 Å². The number of hydrogen-bond donors (Lipinski definition) is 0. The second-order valence-electron chi connectivity index (χ2n) is 6.03. The molecule has 0 saturated heterocycles. The predicted octanol–water partition coefficient (Wildman–Crippen LogP) is 6.48. The Morgan fingerprint density at radius 1 is 0.963 bits per heavy atom. The van der Waals surface area contributed by atoms with Gasteiger partial charge in [0.15, 0.2) is 0 Å². The van der Waals surface area contributed by atoms with Gasteiger partial charge in [0.05, 0.1) is 10.4 Å². The van der Waals surface area contributed by atoms with Gasteiger partial charge in [-0.05, 0) is 29.8 Å². The van der Waals surface area contributed by atoms with E-state index >= 15 is 0 Å². The van der Waals surface area contributed by atoms with E-state index in [4.69, 9.17) is 11.6 Å². The number of halogens is 1. The van der Waals surface area contributed by atoms with Gasteiger partial charge in [0.1, 0.15) is 0 Å². The predicted molar refractivity (Wildman–Crippen MR) is 111 cm³/mol. The first-order valence-electron chi connectivity index (χ1n) is 8.34. The molecule has 0 unspecified atom stereocenters. The Bertz CT molecular complexity index is 1120. The molecule has 1 aromatic heterocycles. The van der Waals surface area contributed by atoms with Crippen LogP contribution in [0.3, 0.4) is 0 Å². The molecular weight excluding hydrogens is 380 g/mol. The fourth-order valence-corrected chi connectivity index (χ4v) is 4.34. The van der Waals surface area contributed by atoms with Gasteiger partial charge in [0.2, 0.25) is 0 Å². The van der Waals surface area contributed by atoms with Gasteiger partial charge in [0.25, 0.3) is 5.69 Å². The third-order valence-corrected chi connectivity index (χ3v) is 5.82. The molecule has 1 heterocycles. The van der Waals surface area contributed by atoms with E-state index < -0.39 is 0 Å². The smallest absolute Gasteiger partial charge is 0.269 e. The Balaban J connectivity index is 1.70. The highest BCUT2D eigenvalue weighted by molar-refractivity contribution is 7.98. The minimum absolute atomic E-state index is 0.0866. The Hall–Kier alpha value is -2.76. The van der Waals surface area contributed by atoms with E-state index in [1.807, 2.05) is 36.4 Å². The lowest BCUT2D eigenvalue weighted by Gasteiger charge is -2.04. The molecule has 0 fully saturated rings. The van der Waals surface area contributed by atoms with Crippen molar-refractivity contribution < 1.29 is 4.92 Å². The summed E-state index contributed by atoms with van der Waals surface area (Å²) in [5.41, 5.74) is 3.13. The standard InChI is InChI=1S/C21H15ClN2O2S/c22-19-7-3-1-5-15(19)14-27-21-13-23(20-8-4-2-6-18(20)21)16-9-11-17(12-10-16)24(25)26/h1-13H,14H2. The second kappa shape index (κ2) is 7.47. The lowest BCUT2D eigenvalue weighted by Crippen LogP contribution is -1.93. The number of rotatable bonds is 5. The van der Waals surface area contributed by atoms with Crippen LogP contribution >= 0.6 is 23.4 Å². The van der Waals surface area contributed by atoms with Crippen molar-refractivity contribution in [1.29, 1.82) is 0 Å². The molecule has 3 aromatic carbocycles. The number of fused-ring (bicyclic) bond motifs is 1. The first-order valence-corrected chi connectivity index (χ1v) is 9.71. The van der Waals surface area contributed by atoms with E-state index in [0.29, 0.717) is 0 Å². The molecule has 134 valence electrons. The molecule has 0 bridgehead atoms. The number of nitrogens with zero attached hydrogens (tertiary/aromatic N) is 2. The number of nitro groups is 1. The quantitative estimate of drug-likeness (QED) is 0.221. The van der Waals surface area contributed by atoms with Crippen LogP contribution in [0.25, 0.3) is 16.6 Å². The number of non-ortho nitro benzene ring substituents is 1. The summed E-state index contributed by atoms with van der Waals surface area (Å²) in [6.07, 6.45) is 2.08. The maximum Gasteiger partial charge on any atom is 0.269 e. The average Bonchev–Trinajstić information content (AvgIpc) is 3.06. The summed E-state index contributed by atoms with van der Waals surface area (Å²) < 4.78 is 2.06. The van der Waals surface area contributed by atoms with Crippen LogP contribution in [0.4, 0.5) is 5.69 Å². The van der Waals surface area contributed by atoms with Crippen molar-refractivity contribution >= 4 is 40.0 Å². The molecule has 0 radical (unpaired) electrons. The number of nitro benzene ring substituents is 1. The van der Waals surface area contributed by atoms with Gasteiger partial charge >= 0.3 is 0 Å². The summed E-state index contributed by atoms with van der Waals surface area (Å²) in [7, 11) is 0. The summed E-state index contributed by atoms with van der Waals surface area (Å²) in [5, 5.41) is 12.8. The van der Waals surface area contributed by atoms with Crippen molar-refractivity contribution in [2.45, 2.75) is 10.6 Å². The van der Waals surface area contributed by atoms with E-state index in [1.165, 1.54) is 12.1 Å². The van der Waals surface area contributed by atoms with Crippen LogP contribution in [0.15, 0.2) is 83.9 Å². The van der Waals surface area contributed by atoms with Crippen molar-refractivity contribution in [3.8, 4) is 5.69 Å². The summed E-state index contributed by atoms with van der Waals surface area (Å²) in [6, 6.07) is 22.6. The van der Waals surface area contributed by atoms with E-state index in [0.717, 1.165) is 37.8 Å². The molecule has 4 nitrogen and oxygen atoms in total. The summed E-state index contributed by atoms with van der Waals surface area (Å²) in [4.78, 5) is 11.7. The van der Waals surface area contributed by atoms with Gasteiger partial charge in [0, 0.05) is 45.1 Å². The van der Waals surface area contributed by atoms with E-state index in [2.05, 4.69) is 22.9 Å². The number of benzene rings is 3. The molecule has 0 aliphatic carbocycles. The summed E-state index contributed by atoms with van der Waals surface area (Å²) in [6.45, 7) is 0. The van der Waals surface area contributed by atoms with E-state index in [1.54, 1.807) is 23.9 Å². The highest BCUT2D eigenvalue weighted by Crippen LogP contribution is 2.35. The zero-order chi connectivity index (χ0) is 18.8. The zero-order valence-electron chi connectivity index (χ0n) is 14.2. The van der Waals surface area contributed by atoms with Gasteiger partial charge in [-0.15, -0.1) is 11.8 Å². The highest BCUT2D eigenvalue weighted by atomic mass is 35.5. The van der Waals surface area contributed by atoms with Crippen LogP contribution in [0.5, 0.6) is 0 Å². The van der Waals surface area contributed by atoms with Crippen LogP contribution in [0.2, 0.25) is 5.02 Å². The Kier molecular flexibility index (Phi) is 4.88. The van der Waals surface area contributed by atoms with Crippen LogP contribution in [-0.4, -0.2) is 9.49 Å². The van der Waals surface area contributed by atoms with Crippen LogP contribution in [0, 0.1) is 10.1 Å². The number of thioether (sulfide) groups is 1.